The van der Waals surface area contributed by atoms with E-state index in [0.29, 0.717) is 50.3 Å². The van der Waals surface area contributed by atoms with Gasteiger partial charge in [-0.2, -0.15) is 0 Å². The monoisotopic (exact) mass is 877 g/mol. The third kappa shape index (κ3) is 15.3. The van der Waals surface area contributed by atoms with E-state index in [4.69, 9.17) is 9.47 Å². The molecule has 7 nitrogen and oxygen atoms in total. The molecule has 0 spiro atoms. The van der Waals surface area contributed by atoms with Gasteiger partial charge in [0.2, 0.25) is 0 Å². The van der Waals surface area contributed by atoms with Crippen molar-refractivity contribution < 1.29 is 24.5 Å². The lowest BCUT2D eigenvalue weighted by Gasteiger charge is -2.21. The first-order chi connectivity index (χ1) is 31.9. The highest BCUT2D eigenvalue weighted by atomic mass is 16.5. The van der Waals surface area contributed by atoms with E-state index in [9.17, 15) is 15.0 Å². The molecule has 2 amide bonds. The SMILES string of the molecule is C=CCCCCCCCCCOc1c2cccc1Cc1cc(CNC(=O)Nc3ccccc3)cc(c1O)Cc1cccc(c1OCCCCCCCCCC=C)Cc1cccc(c1O)C2. The second-order valence-electron chi connectivity index (χ2n) is 17.7. The minimum absolute atomic E-state index is 0.228. The first-order valence-corrected chi connectivity index (χ1v) is 24.4. The first kappa shape index (κ1) is 48.5. The summed E-state index contributed by atoms with van der Waals surface area (Å²) < 4.78 is 13.5. The Hall–Kier alpha value is -5.95. The molecule has 65 heavy (non-hydrogen) atoms. The Kier molecular flexibility index (Phi) is 20.0. The second-order valence-corrected chi connectivity index (χ2v) is 17.7. The fraction of sp³-hybridized carbons (Fsp3) is 0.397. The van der Waals surface area contributed by atoms with Crippen molar-refractivity contribution in [1.29, 1.82) is 0 Å². The predicted octanol–water partition coefficient (Wildman–Crippen LogP) is 14.5. The number of phenolic OH excluding ortho intramolecular Hbond substituents is 2. The molecule has 1 aliphatic rings. The van der Waals surface area contributed by atoms with Gasteiger partial charge in [0.05, 0.1) is 13.2 Å². The van der Waals surface area contributed by atoms with Gasteiger partial charge in [0, 0.05) is 37.9 Å². The highest BCUT2D eigenvalue weighted by Crippen LogP contribution is 2.39. The number of rotatable bonds is 25. The summed E-state index contributed by atoms with van der Waals surface area (Å²) in [7, 11) is 0. The molecule has 0 heterocycles. The molecule has 0 saturated heterocycles. The van der Waals surface area contributed by atoms with Gasteiger partial charge in [-0.25, -0.2) is 4.79 Å². The van der Waals surface area contributed by atoms with Crippen molar-refractivity contribution in [3.63, 3.8) is 0 Å². The number of allylic oxidation sites excluding steroid dienone is 2. The molecule has 6 rings (SSSR count). The van der Waals surface area contributed by atoms with E-state index in [1.807, 2.05) is 84.9 Å². The molecule has 0 fully saturated rings. The number of phenols is 2. The van der Waals surface area contributed by atoms with E-state index in [-0.39, 0.29) is 18.3 Å². The average Bonchev–Trinajstić information content (AvgIpc) is 3.31. The molecule has 5 aromatic carbocycles. The second kappa shape index (κ2) is 26.7. The van der Waals surface area contributed by atoms with Crippen LogP contribution in [0, 0.1) is 0 Å². The maximum absolute atomic E-state index is 13.1. The topological polar surface area (TPSA) is 100 Å². The quantitative estimate of drug-likeness (QED) is 0.0339. The zero-order chi connectivity index (χ0) is 45.5. The van der Waals surface area contributed by atoms with Gasteiger partial charge < -0.3 is 30.3 Å². The maximum atomic E-state index is 13.1. The van der Waals surface area contributed by atoms with Crippen molar-refractivity contribution in [2.24, 2.45) is 0 Å². The lowest BCUT2D eigenvalue weighted by molar-refractivity contribution is 0.251. The van der Waals surface area contributed by atoms with Crippen molar-refractivity contribution in [3.8, 4) is 23.0 Å². The maximum Gasteiger partial charge on any atom is 0.319 e. The molecule has 344 valence electrons. The number of unbranched alkanes of at least 4 members (excludes halogenated alkanes) is 14. The van der Waals surface area contributed by atoms with Crippen LogP contribution in [-0.2, 0) is 32.2 Å². The molecule has 4 N–H and O–H groups in total. The molecular formula is C58H72N2O5. The number of nitrogens with one attached hydrogen (secondary N) is 2. The fourth-order valence-corrected chi connectivity index (χ4v) is 8.93. The molecule has 0 atom stereocenters. The van der Waals surface area contributed by atoms with E-state index >= 15 is 0 Å². The zero-order valence-electron chi connectivity index (χ0n) is 38.7. The van der Waals surface area contributed by atoms with Crippen molar-refractivity contribution in [2.75, 3.05) is 18.5 Å². The first-order valence-electron chi connectivity index (χ1n) is 24.4. The smallest absolute Gasteiger partial charge is 0.319 e. The van der Waals surface area contributed by atoms with Crippen molar-refractivity contribution >= 4 is 11.7 Å². The Morgan fingerprint density at radius 2 is 0.877 bits per heavy atom. The van der Waals surface area contributed by atoms with Crippen LogP contribution < -0.4 is 20.1 Å². The van der Waals surface area contributed by atoms with E-state index < -0.39 is 0 Å². The summed E-state index contributed by atoms with van der Waals surface area (Å²) >= 11 is 0. The van der Waals surface area contributed by atoms with Gasteiger partial charge in [-0.1, -0.05) is 149 Å². The molecule has 0 aliphatic heterocycles. The van der Waals surface area contributed by atoms with Crippen LogP contribution in [0.4, 0.5) is 10.5 Å². The van der Waals surface area contributed by atoms with Crippen LogP contribution in [0.3, 0.4) is 0 Å². The standard InChI is InChI=1S/C58H72N2O5/c1-3-5-7-9-11-13-15-17-22-35-64-56-47-29-25-31-49(56)41-51-37-44(43-59-58(63)60-53-33-20-19-21-34-53)38-52(55(51)62)42-50-32-26-30-48(40-46-28-24-27-45(39-47)54(46)61)57(50)65-36-23-18-16-14-12-10-8-6-4-2/h3-4,19-21,24-34,37-38,61-62H,1-2,5-18,22-23,35-36,39-43H2,(H2,59,60,63). The van der Waals surface area contributed by atoms with Crippen LogP contribution in [0.5, 0.6) is 23.0 Å². The number of para-hydroxylation sites is 4. The minimum Gasteiger partial charge on any atom is -0.507 e. The number of carbonyl (C=O) groups excluding carboxylic acids is 1. The number of anilines is 1. The molecule has 7 heteroatoms. The van der Waals surface area contributed by atoms with Crippen molar-refractivity contribution in [1.82, 2.24) is 5.32 Å². The summed E-state index contributed by atoms with van der Waals surface area (Å²) in [5.41, 5.74) is 8.66. The number of hydrogen-bond donors (Lipinski definition) is 4. The predicted molar refractivity (Wildman–Crippen MR) is 268 cm³/mol. The van der Waals surface area contributed by atoms with Crippen LogP contribution in [0.25, 0.3) is 0 Å². The van der Waals surface area contributed by atoms with E-state index in [1.165, 1.54) is 64.2 Å². The molecule has 0 unspecified atom stereocenters. The largest absolute Gasteiger partial charge is 0.507 e. The summed E-state index contributed by atoms with van der Waals surface area (Å²) in [5.74, 6) is 2.12. The zero-order valence-corrected chi connectivity index (χ0v) is 38.7. The van der Waals surface area contributed by atoms with Crippen LogP contribution in [-0.4, -0.2) is 29.5 Å². The number of ether oxygens (including phenoxy) is 2. The molecular weight excluding hydrogens is 805 g/mol. The van der Waals surface area contributed by atoms with Gasteiger partial charge in [0.1, 0.15) is 23.0 Å². The van der Waals surface area contributed by atoms with Gasteiger partial charge in [0.15, 0.2) is 0 Å². The number of hydrogen-bond acceptors (Lipinski definition) is 5. The summed E-state index contributed by atoms with van der Waals surface area (Å²) in [6.07, 6.45) is 24.3. The number of urea groups is 1. The van der Waals surface area contributed by atoms with Gasteiger partial charge in [-0.15, -0.1) is 13.2 Å². The average molecular weight is 877 g/mol. The number of benzene rings is 5. The summed E-state index contributed by atoms with van der Waals surface area (Å²) in [6, 6.07) is 31.6. The van der Waals surface area contributed by atoms with Crippen molar-refractivity contribution in [3.05, 3.63) is 172 Å². The van der Waals surface area contributed by atoms with Gasteiger partial charge in [0.25, 0.3) is 0 Å². The Morgan fingerprint density at radius 1 is 0.492 bits per heavy atom. The van der Waals surface area contributed by atoms with Gasteiger partial charge in [-0.3, -0.25) is 0 Å². The molecule has 5 aromatic rings. The number of fused-ring (bicyclic) bond motifs is 8. The third-order valence-corrected chi connectivity index (χ3v) is 12.5. The normalized spacial score (nSPS) is 12.0. The molecule has 0 saturated carbocycles. The Morgan fingerprint density at radius 3 is 1.32 bits per heavy atom. The van der Waals surface area contributed by atoms with Crippen LogP contribution in [0.1, 0.15) is 153 Å². The molecule has 8 bridgehead atoms. The highest BCUT2D eigenvalue weighted by molar-refractivity contribution is 5.89. The van der Waals surface area contributed by atoms with Crippen LogP contribution >= 0.6 is 0 Å². The number of carbonyl (C=O) groups is 1. The molecule has 1 aliphatic carbocycles. The molecule has 0 aromatic heterocycles. The van der Waals surface area contributed by atoms with Crippen LogP contribution in [0.2, 0.25) is 0 Å². The lowest BCUT2D eigenvalue weighted by Crippen LogP contribution is -2.28. The summed E-state index contributed by atoms with van der Waals surface area (Å²) in [6.45, 7) is 9.11. The van der Waals surface area contributed by atoms with E-state index in [2.05, 4.69) is 48.1 Å². The summed E-state index contributed by atoms with van der Waals surface area (Å²) in [5, 5.41) is 30.1. The van der Waals surface area contributed by atoms with Gasteiger partial charge in [-0.05, 0) is 113 Å². The minimum atomic E-state index is -0.305. The van der Waals surface area contributed by atoms with Crippen molar-refractivity contribution in [2.45, 2.75) is 135 Å². The Balaban J connectivity index is 1.30. The lowest BCUT2D eigenvalue weighted by atomic mass is 9.90. The van der Waals surface area contributed by atoms with Gasteiger partial charge >= 0.3 is 6.03 Å². The van der Waals surface area contributed by atoms with E-state index in [0.717, 1.165) is 100 Å². The van der Waals surface area contributed by atoms with Crippen LogP contribution in [0.15, 0.2) is 122 Å². The van der Waals surface area contributed by atoms with E-state index in [1.54, 1.807) is 0 Å². The number of amides is 2. The summed E-state index contributed by atoms with van der Waals surface area (Å²) in [4.78, 5) is 13.1. The molecule has 0 radical (unpaired) electrons. The Bertz CT molecular complexity index is 2140. The third-order valence-electron chi connectivity index (χ3n) is 12.5. The number of aromatic hydroxyl groups is 2. The Labute approximate surface area is 389 Å². The highest BCUT2D eigenvalue weighted by Gasteiger charge is 2.21. The fourth-order valence-electron chi connectivity index (χ4n) is 8.93.